The summed E-state index contributed by atoms with van der Waals surface area (Å²) in [4.78, 5) is 4.41. The monoisotopic (exact) mass is 296 g/mol. The van der Waals surface area contributed by atoms with Gasteiger partial charge in [0.1, 0.15) is 17.3 Å². The van der Waals surface area contributed by atoms with Crippen LogP contribution in [0.25, 0.3) is 10.8 Å². The third-order valence-electron chi connectivity index (χ3n) is 2.09. The van der Waals surface area contributed by atoms with Gasteiger partial charge in [-0.3, -0.25) is 4.98 Å². The van der Waals surface area contributed by atoms with Gasteiger partial charge in [-0.1, -0.05) is 28.1 Å². The number of nitrogens with two attached hydrogens (primary N) is 1. The fraction of sp³-hybridized carbons (Fsp3) is 0.0909. The highest BCUT2D eigenvalue weighted by Crippen LogP contribution is 2.30. The van der Waals surface area contributed by atoms with Crippen LogP contribution in [-0.2, 0) is 0 Å². The lowest BCUT2D eigenvalue weighted by Gasteiger charge is -2.09. The van der Waals surface area contributed by atoms with Gasteiger partial charge in [-0.2, -0.15) is 0 Å². The molecule has 0 bridgehead atoms. The molecule has 0 radical (unpaired) electrons. The third kappa shape index (κ3) is 2.31. The molecule has 1 heterocycles. The van der Waals surface area contributed by atoms with E-state index >= 15 is 0 Å². The summed E-state index contributed by atoms with van der Waals surface area (Å²) in [6.45, 7) is 0.244. The molecule has 82 valence electrons. The average molecular weight is 297 g/mol. The van der Waals surface area contributed by atoms with Crippen molar-refractivity contribution in [1.29, 1.82) is 0 Å². The zero-order valence-corrected chi connectivity index (χ0v) is 10.7. The van der Waals surface area contributed by atoms with E-state index in [9.17, 15) is 0 Å². The molecule has 0 unspecified atom stereocenters. The van der Waals surface area contributed by atoms with E-state index in [4.69, 9.17) is 22.7 Å². The van der Waals surface area contributed by atoms with E-state index < -0.39 is 0 Å². The fourth-order valence-electron chi connectivity index (χ4n) is 1.40. The summed E-state index contributed by atoms with van der Waals surface area (Å²) in [5.41, 5.74) is 5.40. The van der Waals surface area contributed by atoms with Crippen molar-refractivity contribution < 1.29 is 4.74 Å². The van der Waals surface area contributed by atoms with E-state index in [1.165, 1.54) is 0 Å². The lowest BCUT2D eigenvalue weighted by Crippen LogP contribution is -2.17. The molecule has 0 aliphatic heterocycles. The van der Waals surface area contributed by atoms with Crippen LogP contribution in [-0.4, -0.2) is 16.6 Å². The van der Waals surface area contributed by atoms with Crippen molar-refractivity contribution in [3.05, 3.63) is 35.1 Å². The van der Waals surface area contributed by atoms with E-state index in [1.54, 1.807) is 12.4 Å². The summed E-state index contributed by atoms with van der Waals surface area (Å²) >= 11 is 8.24. The first-order valence-electron chi connectivity index (χ1n) is 4.62. The first kappa shape index (κ1) is 11.3. The van der Waals surface area contributed by atoms with Crippen LogP contribution in [0.5, 0.6) is 5.75 Å². The predicted molar refractivity (Wildman–Crippen MR) is 71.7 cm³/mol. The van der Waals surface area contributed by atoms with Crippen LogP contribution in [0, 0.1) is 0 Å². The van der Waals surface area contributed by atoms with Crippen LogP contribution >= 0.6 is 28.1 Å². The maximum Gasteiger partial charge on any atom is 0.138 e. The molecule has 0 saturated heterocycles. The van der Waals surface area contributed by atoms with Gasteiger partial charge < -0.3 is 10.5 Å². The number of hydrogen-bond acceptors (Lipinski definition) is 3. The molecule has 5 heteroatoms. The second-order valence-corrected chi connectivity index (χ2v) is 4.60. The number of rotatable bonds is 3. The Morgan fingerprint density at radius 3 is 2.94 bits per heavy atom. The third-order valence-corrected chi connectivity index (χ3v) is 2.90. The summed E-state index contributed by atoms with van der Waals surface area (Å²) in [6, 6.07) is 5.69. The highest BCUT2D eigenvalue weighted by atomic mass is 79.9. The van der Waals surface area contributed by atoms with Gasteiger partial charge in [0, 0.05) is 27.6 Å². The first-order chi connectivity index (χ1) is 7.68. The van der Waals surface area contributed by atoms with Gasteiger partial charge in [-0.15, -0.1) is 0 Å². The normalized spacial score (nSPS) is 10.3. The van der Waals surface area contributed by atoms with E-state index in [0.717, 1.165) is 21.0 Å². The molecule has 1 aromatic carbocycles. The topological polar surface area (TPSA) is 48.1 Å². The molecule has 0 spiro atoms. The summed E-state index contributed by atoms with van der Waals surface area (Å²) in [5, 5.41) is 1.99. The summed E-state index contributed by atoms with van der Waals surface area (Å²) in [5.74, 6) is 0.758. The van der Waals surface area contributed by atoms with Crippen molar-refractivity contribution in [3.63, 3.8) is 0 Å². The van der Waals surface area contributed by atoms with Gasteiger partial charge in [-0.05, 0) is 18.2 Å². The lowest BCUT2D eigenvalue weighted by molar-refractivity contribution is 0.382. The zero-order valence-electron chi connectivity index (χ0n) is 8.31. The Hall–Kier alpha value is -1.20. The molecular formula is C11H9BrN2OS. The standard InChI is InChI=1S/C11H9BrN2OS/c12-9-1-2-10(15-6-11(13)16)7-3-4-14-5-8(7)9/h1-5H,6H2,(H2,13,16). The molecule has 16 heavy (non-hydrogen) atoms. The second kappa shape index (κ2) is 4.76. The molecule has 0 aliphatic carbocycles. The number of fused-ring (bicyclic) bond motifs is 1. The highest BCUT2D eigenvalue weighted by molar-refractivity contribution is 9.10. The minimum atomic E-state index is 0.244. The predicted octanol–water partition coefficient (Wildman–Crippen LogP) is 2.66. The lowest BCUT2D eigenvalue weighted by atomic mass is 10.1. The molecule has 0 atom stereocenters. The van der Waals surface area contributed by atoms with Crippen LogP contribution in [0.15, 0.2) is 35.1 Å². The molecule has 2 aromatic rings. The highest BCUT2D eigenvalue weighted by Gasteiger charge is 2.05. The van der Waals surface area contributed by atoms with Crippen molar-refractivity contribution in [2.45, 2.75) is 0 Å². The number of thiocarbonyl (C=S) groups is 1. The second-order valence-electron chi connectivity index (χ2n) is 3.22. The Balaban J connectivity index is 2.46. The molecular weight excluding hydrogens is 288 g/mol. The molecule has 0 amide bonds. The number of pyridine rings is 1. The van der Waals surface area contributed by atoms with Crippen LogP contribution in [0.4, 0.5) is 0 Å². The number of nitrogens with zero attached hydrogens (tertiary/aromatic N) is 1. The van der Waals surface area contributed by atoms with Crippen molar-refractivity contribution in [2.24, 2.45) is 5.73 Å². The van der Waals surface area contributed by atoms with E-state index in [2.05, 4.69) is 20.9 Å². The van der Waals surface area contributed by atoms with E-state index in [-0.39, 0.29) is 6.61 Å². The Labute approximate surface area is 107 Å². The minimum absolute atomic E-state index is 0.244. The summed E-state index contributed by atoms with van der Waals surface area (Å²) < 4.78 is 6.51. The van der Waals surface area contributed by atoms with Gasteiger partial charge in [-0.25, -0.2) is 0 Å². The van der Waals surface area contributed by atoms with Gasteiger partial charge in [0.05, 0.1) is 0 Å². The maximum atomic E-state index is 5.52. The number of ether oxygens (including phenoxy) is 1. The van der Waals surface area contributed by atoms with Crippen LogP contribution in [0.1, 0.15) is 0 Å². The minimum Gasteiger partial charge on any atom is -0.486 e. The van der Waals surface area contributed by atoms with Crippen LogP contribution in [0.2, 0.25) is 0 Å². The molecule has 0 saturated carbocycles. The number of halogens is 1. The molecule has 0 aliphatic rings. The quantitative estimate of drug-likeness (QED) is 0.885. The van der Waals surface area contributed by atoms with Crippen molar-refractivity contribution in [3.8, 4) is 5.75 Å². The smallest absolute Gasteiger partial charge is 0.138 e. The largest absolute Gasteiger partial charge is 0.486 e. The molecule has 1 aromatic heterocycles. The van der Waals surface area contributed by atoms with Crippen LogP contribution in [0.3, 0.4) is 0 Å². The van der Waals surface area contributed by atoms with Crippen LogP contribution < -0.4 is 10.5 Å². The Morgan fingerprint density at radius 1 is 1.38 bits per heavy atom. The van der Waals surface area contributed by atoms with Gasteiger partial charge in [0.25, 0.3) is 0 Å². The van der Waals surface area contributed by atoms with Crippen molar-refractivity contribution in [1.82, 2.24) is 4.98 Å². The summed E-state index contributed by atoms with van der Waals surface area (Å²) in [6.07, 6.45) is 3.51. The van der Waals surface area contributed by atoms with Gasteiger partial charge >= 0.3 is 0 Å². The van der Waals surface area contributed by atoms with Gasteiger partial charge in [0.2, 0.25) is 0 Å². The molecule has 0 fully saturated rings. The summed E-state index contributed by atoms with van der Waals surface area (Å²) in [7, 11) is 0. The van der Waals surface area contributed by atoms with E-state index in [0.29, 0.717) is 4.99 Å². The van der Waals surface area contributed by atoms with Crippen molar-refractivity contribution >= 4 is 43.9 Å². The molecule has 2 rings (SSSR count). The first-order valence-corrected chi connectivity index (χ1v) is 5.82. The number of hydrogen-bond donors (Lipinski definition) is 1. The average Bonchev–Trinajstić information content (AvgIpc) is 2.28. The Kier molecular flexibility index (Phi) is 3.36. The van der Waals surface area contributed by atoms with Crippen molar-refractivity contribution in [2.75, 3.05) is 6.61 Å². The van der Waals surface area contributed by atoms with E-state index in [1.807, 2.05) is 18.2 Å². The fourth-order valence-corrected chi connectivity index (χ4v) is 1.91. The Bertz CT molecular complexity index is 544. The Morgan fingerprint density at radius 2 is 2.19 bits per heavy atom. The number of aromatic nitrogens is 1. The number of benzene rings is 1. The molecule has 3 nitrogen and oxygen atoms in total. The van der Waals surface area contributed by atoms with Gasteiger partial charge in [0.15, 0.2) is 0 Å². The maximum absolute atomic E-state index is 5.52. The zero-order chi connectivity index (χ0) is 11.5. The SMILES string of the molecule is NC(=S)COc1ccc(Br)c2cnccc12. The molecule has 2 N–H and O–H groups in total.